The van der Waals surface area contributed by atoms with Crippen LogP contribution in [0.1, 0.15) is 11.1 Å². The Labute approximate surface area is 194 Å². The Kier molecular flexibility index (Phi) is 9.09. The van der Waals surface area contributed by atoms with Crippen molar-refractivity contribution in [1.82, 2.24) is 25.2 Å². The molecule has 0 aliphatic rings. The van der Waals surface area contributed by atoms with Crippen molar-refractivity contribution in [3.05, 3.63) is 72.4 Å². The number of nitrogens with one attached hydrogen (secondary N) is 2. The molecule has 7 nitrogen and oxygen atoms in total. The Hall–Kier alpha value is -2.83. The van der Waals surface area contributed by atoms with Gasteiger partial charge < -0.3 is 15.4 Å². The maximum atomic E-state index is 12.2. The van der Waals surface area contributed by atoms with Gasteiger partial charge in [-0.1, -0.05) is 18.2 Å². The zero-order valence-electron chi connectivity index (χ0n) is 16.6. The molecule has 11 heteroatoms. The van der Waals surface area contributed by atoms with Gasteiger partial charge in [0.2, 0.25) is 0 Å². The van der Waals surface area contributed by atoms with Crippen molar-refractivity contribution in [3.8, 4) is 11.6 Å². The Morgan fingerprint density at radius 1 is 1.06 bits per heavy atom. The summed E-state index contributed by atoms with van der Waals surface area (Å²) in [6, 6.07) is 10.3. The highest BCUT2D eigenvalue weighted by Gasteiger charge is 2.28. The molecule has 0 saturated carbocycles. The molecule has 2 aromatic heterocycles. The topological polar surface area (TPSA) is 76.4 Å². The summed E-state index contributed by atoms with van der Waals surface area (Å²) in [5.41, 5.74) is 1.86. The summed E-state index contributed by atoms with van der Waals surface area (Å²) < 4.78 is 43.1. The molecule has 0 amide bonds. The number of halogens is 4. The molecule has 0 radical (unpaired) electrons. The van der Waals surface area contributed by atoms with Gasteiger partial charge in [0.1, 0.15) is 17.9 Å². The van der Waals surface area contributed by atoms with Gasteiger partial charge in [0.25, 0.3) is 0 Å². The molecule has 3 rings (SSSR count). The highest BCUT2D eigenvalue weighted by molar-refractivity contribution is 14.0. The lowest BCUT2D eigenvalue weighted by Gasteiger charge is -2.13. The van der Waals surface area contributed by atoms with Crippen LogP contribution in [0.15, 0.2) is 66.3 Å². The predicted octanol–water partition coefficient (Wildman–Crippen LogP) is 3.69. The van der Waals surface area contributed by atoms with Gasteiger partial charge >= 0.3 is 6.18 Å². The number of nitrogens with zero attached hydrogens (tertiary/aromatic N) is 4. The second-order valence-corrected chi connectivity index (χ2v) is 6.32. The Morgan fingerprint density at radius 3 is 2.29 bits per heavy atom. The van der Waals surface area contributed by atoms with E-state index in [2.05, 4.69) is 25.6 Å². The van der Waals surface area contributed by atoms with E-state index in [9.17, 15) is 13.2 Å². The first-order chi connectivity index (χ1) is 14.4. The molecule has 3 aromatic rings. The van der Waals surface area contributed by atoms with Gasteiger partial charge in [0.05, 0.1) is 0 Å². The van der Waals surface area contributed by atoms with E-state index in [1.165, 1.54) is 12.1 Å². The molecule has 0 unspecified atom stereocenters. The molecular formula is C20H22F3IN6O. The minimum absolute atomic E-state index is 0. The molecule has 0 aliphatic carbocycles. The molecule has 2 N–H and O–H groups in total. The monoisotopic (exact) mass is 546 g/mol. The van der Waals surface area contributed by atoms with Gasteiger partial charge in [-0.05, 0) is 29.3 Å². The number of imidazole rings is 1. The fraction of sp³-hybridized carbons (Fsp3) is 0.250. The molecule has 1 aromatic carbocycles. The van der Waals surface area contributed by atoms with E-state index in [0.29, 0.717) is 19.0 Å². The summed E-state index contributed by atoms with van der Waals surface area (Å²) in [4.78, 5) is 12.6. The molecular weight excluding hydrogens is 524 g/mol. The number of aliphatic imine (C=N–C) groups is 1. The van der Waals surface area contributed by atoms with Crippen molar-refractivity contribution in [2.45, 2.75) is 19.3 Å². The average Bonchev–Trinajstić information content (AvgIpc) is 3.28. The van der Waals surface area contributed by atoms with Crippen molar-refractivity contribution < 1.29 is 17.9 Å². The number of hydrogen-bond donors (Lipinski definition) is 2. The van der Waals surface area contributed by atoms with E-state index in [-0.39, 0.29) is 29.7 Å². The Bertz CT molecular complexity index is 945. The molecule has 31 heavy (non-hydrogen) atoms. The minimum Gasteiger partial charge on any atom is -0.484 e. The average molecular weight is 546 g/mol. The highest BCUT2D eigenvalue weighted by Crippen LogP contribution is 2.18. The van der Waals surface area contributed by atoms with E-state index < -0.39 is 12.8 Å². The van der Waals surface area contributed by atoms with E-state index in [1.54, 1.807) is 37.9 Å². The Balaban J connectivity index is 0.00000341. The molecule has 0 saturated heterocycles. The summed E-state index contributed by atoms with van der Waals surface area (Å²) in [5, 5.41) is 6.34. The van der Waals surface area contributed by atoms with Crippen LogP contribution in [0.2, 0.25) is 0 Å². The van der Waals surface area contributed by atoms with Crippen LogP contribution in [0.5, 0.6) is 5.75 Å². The summed E-state index contributed by atoms with van der Waals surface area (Å²) in [6.07, 6.45) is 2.61. The predicted molar refractivity (Wildman–Crippen MR) is 122 cm³/mol. The van der Waals surface area contributed by atoms with E-state index in [0.717, 1.165) is 16.9 Å². The molecule has 0 bridgehead atoms. The molecule has 166 valence electrons. The minimum atomic E-state index is -4.35. The molecule has 0 fully saturated rings. The van der Waals surface area contributed by atoms with Crippen molar-refractivity contribution in [1.29, 1.82) is 0 Å². The third kappa shape index (κ3) is 8.07. The van der Waals surface area contributed by atoms with Gasteiger partial charge in [-0.3, -0.25) is 9.56 Å². The highest BCUT2D eigenvalue weighted by atomic mass is 127. The summed E-state index contributed by atoms with van der Waals surface area (Å²) in [7, 11) is 1.66. The number of hydrogen-bond acceptors (Lipinski definition) is 4. The molecule has 0 atom stereocenters. The summed E-state index contributed by atoms with van der Waals surface area (Å²) in [6.45, 7) is -0.322. The summed E-state index contributed by atoms with van der Waals surface area (Å²) in [5.74, 6) is 1.54. The van der Waals surface area contributed by atoms with Crippen molar-refractivity contribution in [2.75, 3.05) is 13.7 Å². The second-order valence-electron chi connectivity index (χ2n) is 6.32. The van der Waals surface area contributed by atoms with Gasteiger partial charge in [-0.2, -0.15) is 13.2 Å². The quantitative estimate of drug-likeness (QED) is 0.269. The third-order valence-electron chi connectivity index (χ3n) is 4.05. The molecule has 0 spiro atoms. The smallest absolute Gasteiger partial charge is 0.422 e. The van der Waals surface area contributed by atoms with Crippen LogP contribution in [-0.2, 0) is 13.1 Å². The zero-order chi connectivity index (χ0) is 21.4. The van der Waals surface area contributed by atoms with E-state index in [4.69, 9.17) is 4.74 Å². The number of guanidine groups is 1. The van der Waals surface area contributed by atoms with Crippen LogP contribution in [0.25, 0.3) is 5.82 Å². The maximum absolute atomic E-state index is 12.2. The lowest BCUT2D eigenvalue weighted by Crippen LogP contribution is -2.36. The first-order valence-corrected chi connectivity index (χ1v) is 9.09. The lowest BCUT2D eigenvalue weighted by atomic mass is 10.2. The first-order valence-electron chi connectivity index (χ1n) is 9.09. The van der Waals surface area contributed by atoms with Crippen LogP contribution in [0.4, 0.5) is 13.2 Å². The van der Waals surface area contributed by atoms with Crippen LogP contribution in [0, 0.1) is 0 Å². The second kappa shape index (κ2) is 11.5. The molecule has 2 heterocycles. The zero-order valence-corrected chi connectivity index (χ0v) is 19.0. The number of aromatic nitrogens is 3. The van der Waals surface area contributed by atoms with Crippen molar-refractivity contribution in [2.24, 2.45) is 4.99 Å². The van der Waals surface area contributed by atoms with Crippen LogP contribution >= 0.6 is 24.0 Å². The lowest BCUT2D eigenvalue weighted by molar-refractivity contribution is -0.153. The number of benzene rings is 1. The number of pyridine rings is 1. The first kappa shape index (κ1) is 24.4. The van der Waals surface area contributed by atoms with E-state index in [1.807, 2.05) is 22.9 Å². The summed E-state index contributed by atoms with van der Waals surface area (Å²) >= 11 is 0. The standard InChI is InChI=1S/C20H21F3N6O.HI/c1-24-19(27-10-15-2-5-17(6-3-15)30-13-20(21,22)23)28-12-16-4-7-18(26-11-16)29-9-8-25-14-29;/h2-9,11,14H,10,12-13H2,1H3,(H2,24,27,28);1H. The third-order valence-corrected chi connectivity index (χ3v) is 4.05. The fourth-order valence-electron chi connectivity index (χ4n) is 2.53. The largest absolute Gasteiger partial charge is 0.484 e. The number of ether oxygens (including phenoxy) is 1. The van der Waals surface area contributed by atoms with Gasteiger partial charge in [0, 0.05) is 38.7 Å². The van der Waals surface area contributed by atoms with Gasteiger partial charge in [-0.25, -0.2) is 9.97 Å². The Morgan fingerprint density at radius 2 is 1.74 bits per heavy atom. The van der Waals surface area contributed by atoms with Crippen LogP contribution in [0.3, 0.4) is 0 Å². The van der Waals surface area contributed by atoms with E-state index >= 15 is 0 Å². The van der Waals surface area contributed by atoms with Gasteiger partial charge in [-0.15, -0.1) is 24.0 Å². The van der Waals surface area contributed by atoms with Gasteiger partial charge in [0.15, 0.2) is 12.6 Å². The van der Waals surface area contributed by atoms with Crippen LogP contribution in [-0.4, -0.2) is 40.3 Å². The maximum Gasteiger partial charge on any atom is 0.422 e. The number of rotatable bonds is 7. The molecule has 0 aliphatic heterocycles. The number of alkyl halides is 3. The van der Waals surface area contributed by atoms with Crippen molar-refractivity contribution in [3.63, 3.8) is 0 Å². The fourth-order valence-corrected chi connectivity index (χ4v) is 2.53. The van der Waals surface area contributed by atoms with Crippen molar-refractivity contribution >= 4 is 29.9 Å². The van der Waals surface area contributed by atoms with Crippen LogP contribution < -0.4 is 15.4 Å². The SMILES string of the molecule is CN=C(NCc1ccc(OCC(F)(F)F)cc1)NCc1ccc(-n2ccnc2)nc1.I. The normalized spacial score (nSPS) is 11.5.